The zero-order valence-electron chi connectivity index (χ0n) is 21.5. The van der Waals surface area contributed by atoms with Crippen LogP contribution >= 0.6 is 0 Å². The number of allylic oxidation sites excluding steroid dienone is 1. The molecule has 2 heterocycles. The SMILES string of the molecule is CCC(C)(C)NC(=O)[C@H](c1cccnc1)N(CCC1=CCCCC1)C(=O)Cn1nnc2ccccc21. The van der Waals surface area contributed by atoms with Gasteiger partial charge in [-0.15, -0.1) is 5.10 Å². The van der Waals surface area contributed by atoms with Crippen LogP contribution in [0.15, 0.2) is 60.4 Å². The van der Waals surface area contributed by atoms with Crippen LogP contribution < -0.4 is 5.32 Å². The van der Waals surface area contributed by atoms with Crippen molar-refractivity contribution in [3.05, 3.63) is 66.0 Å². The zero-order valence-corrected chi connectivity index (χ0v) is 21.5. The molecule has 190 valence electrons. The first-order chi connectivity index (χ1) is 17.4. The van der Waals surface area contributed by atoms with Crippen molar-refractivity contribution in [2.24, 2.45) is 0 Å². The lowest BCUT2D eigenvalue weighted by Crippen LogP contribution is -2.51. The molecule has 4 rings (SSSR count). The molecule has 1 aliphatic rings. The van der Waals surface area contributed by atoms with Gasteiger partial charge in [-0.3, -0.25) is 14.6 Å². The average molecular weight is 489 g/mol. The number of benzene rings is 1. The number of nitrogens with zero attached hydrogens (tertiary/aromatic N) is 5. The van der Waals surface area contributed by atoms with E-state index < -0.39 is 11.6 Å². The van der Waals surface area contributed by atoms with Crippen molar-refractivity contribution in [3.63, 3.8) is 0 Å². The summed E-state index contributed by atoms with van der Waals surface area (Å²) in [7, 11) is 0. The van der Waals surface area contributed by atoms with Gasteiger partial charge in [-0.1, -0.05) is 42.0 Å². The first-order valence-corrected chi connectivity index (χ1v) is 12.9. The van der Waals surface area contributed by atoms with E-state index in [0.29, 0.717) is 12.1 Å². The van der Waals surface area contributed by atoms with Gasteiger partial charge in [-0.25, -0.2) is 4.68 Å². The number of aromatic nitrogens is 4. The Morgan fingerprint density at radius 1 is 1.17 bits per heavy atom. The topological polar surface area (TPSA) is 93.0 Å². The number of hydrogen-bond acceptors (Lipinski definition) is 5. The monoisotopic (exact) mass is 488 g/mol. The fourth-order valence-electron chi connectivity index (χ4n) is 4.55. The maximum Gasteiger partial charge on any atom is 0.247 e. The second-order valence-electron chi connectivity index (χ2n) is 10.1. The molecule has 0 saturated heterocycles. The molecule has 2 aromatic heterocycles. The third-order valence-corrected chi connectivity index (χ3v) is 6.99. The Labute approximate surface area is 212 Å². The van der Waals surface area contributed by atoms with Gasteiger partial charge in [0.05, 0.1) is 5.52 Å². The number of fused-ring (bicyclic) bond motifs is 1. The number of hydrogen-bond donors (Lipinski definition) is 1. The van der Waals surface area contributed by atoms with Crippen molar-refractivity contribution in [1.82, 2.24) is 30.2 Å². The highest BCUT2D eigenvalue weighted by atomic mass is 16.2. The van der Waals surface area contributed by atoms with Crippen molar-refractivity contribution in [2.45, 2.75) is 77.4 Å². The van der Waals surface area contributed by atoms with E-state index in [9.17, 15) is 9.59 Å². The second-order valence-corrected chi connectivity index (χ2v) is 10.1. The van der Waals surface area contributed by atoms with E-state index in [1.54, 1.807) is 28.0 Å². The molecule has 0 aliphatic heterocycles. The summed E-state index contributed by atoms with van der Waals surface area (Å²) in [6, 6.07) is 10.4. The molecule has 3 aromatic rings. The number of para-hydroxylation sites is 1. The summed E-state index contributed by atoms with van der Waals surface area (Å²) >= 11 is 0. The third-order valence-electron chi connectivity index (χ3n) is 6.99. The molecular weight excluding hydrogens is 452 g/mol. The molecule has 2 amide bonds. The number of carbonyl (C=O) groups is 2. The van der Waals surface area contributed by atoms with Gasteiger partial charge in [0.2, 0.25) is 11.8 Å². The van der Waals surface area contributed by atoms with Gasteiger partial charge in [0.1, 0.15) is 18.1 Å². The molecule has 8 nitrogen and oxygen atoms in total. The molecule has 0 unspecified atom stereocenters. The van der Waals surface area contributed by atoms with Crippen LogP contribution in [0.1, 0.15) is 70.9 Å². The molecule has 0 bridgehead atoms. The number of nitrogens with one attached hydrogen (secondary N) is 1. The molecule has 0 radical (unpaired) electrons. The highest BCUT2D eigenvalue weighted by Gasteiger charge is 2.34. The van der Waals surface area contributed by atoms with Gasteiger partial charge < -0.3 is 10.2 Å². The van der Waals surface area contributed by atoms with Crippen LogP contribution in [-0.4, -0.2) is 48.8 Å². The van der Waals surface area contributed by atoms with Gasteiger partial charge in [-0.05, 0) is 70.6 Å². The Kier molecular flexibility index (Phi) is 8.13. The Balaban J connectivity index is 1.68. The molecule has 0 spiro atoms. The van der Waals surface area contributed by atoms with E-state index in [0.717, 1.165) is 36.7 Å². The van der Waals surface area contributed by atoms with Gasteiger partial charge in [0, 0.05) is 30.0 Å². The van der Waals surface area contributed by atoms with Crippen LogP contribution in [0.2, 0.25) is 0 Å². The molecule has 1 atom stereocenters. The molecule has 8 heteroatoms. The van der Waals surface area contributed by atoms with E-state index in [-0.39, 0.29) is 18.4 Å². The largest absolute Gasteiger partial charge is 0.349 e. The van der Waals surface area contributed by atoms with Crippen LogP contribution in [-0.2, 0) is 16.1 Å². The van der Waals surface area contributed by atoms with Crippen molar-refractivity contribution < 1.29 is 9.59 Å². The van der Waals surface area contributed by atoms with Gasteiger partial charge >= 0.3 is 0 Å². The minimum Gasteiger partial charge on any atom is -0.349 e. The van der Waals surface area contributed by atoms with E-state index in [1.807, 2.05) is 51.1 Å². The predicted octanol–water partition coefficient (Wildman–Crippen LogP) is 4.59. The van der Waals surface area contributed by atoms with Gasteiger partial charge in [0.25, 0.3) is 0 Å². The molecule has 0 fully saturated rings. The lowest BCUT2D eigenvalue weighted by molar-refractivity contribution is -0.142. The lowest BCUT2D eigenvalue weighted by atomic mass is 9.96. The van der Waals surface area contributed by atoms with E-state index in [4.69, 9.17) is 0 Å². The van der Waals surface area contributed by atoms with Gasteiger partial charge in [0.15, 0.2) is 0 Å². The summed E-state index contributed by atoms with van der Waals surface area (Å²) in [4.78, 5) is 33.6. The predicted molar refractivity (Wildman–Crippen MR) is 140 cm³/mol. The number of pyridine rings is 1. The van der Waals surface area contributed by atoms with Crippen molar-refractivity contribution in [1.29, 1.82) is 0 Å². The van der Waals surface area contributed by atoms with E-state index >= 15 is 0 Å². The number of amides is 2. The highest BCUT2D eigenvalue weighted by molar-refractivity contribution is 5.89. The molecule has 0 saturated carbocycles. The summed E-state index contributed by atoms with van der Waals surface area (Å²) in [6.45, 7) is 6.46. The zero-order chi connectivity index (χ0) is 25.5. The van der Waals surface area contributed by atoms with Crippen molar-refractivity contribution in [3.8, 4) is 0 Å². The summed E-state index contributed by atoms with van der Waals surface area (Å²) < 4.78 is 1.61. The molecule has 1 aliphatic carbocycles. The third kappa shape index (κ3) is 6.17. The number of carbonyl (C=O) groups excluding carboxylic acids is 2. The fourth-order valence-corrected chi connectivity index (χ4v) is 4.55. The van der Waals surface area contributed by atoms with E-state index in [1.165, 1.54) is 18.4 Å². The molecule has 36 heavy (non-hydrogen) atoms. The molecular formula is C28H36N6O2. The Morgan fingerprint density at radius 3 is 2.72 bits per heavy atom. The summed E-state index contributed by atoms with van der Waals surface area (Å²) in [5, 5.41) is 11.6. The molecule has 1 aromatic carbocycles. The highest BCUT2D eigenvalue weighted by Crippen LogP contribution is 2.26. The summed E-state index contributed by atoms with van der Waals surface area (Å²) in [5.74, 6) is -0.385. The Morgan fingerprint density at radius 2 is 2.00 bits per heavy atom. The maximum absolute atomic E-state index is 13.9. The average Bonchev–Trinajstić information content (AvgIpc) is 3.30. The second kappa shape index (κ2) is 11.5. The quantitative estimate of drug-likeness (QED) is 0.421. The Bertz CT molecular complexity index is 1220. The van der Waals surface area contributed by atoms with Crippen LogP contribution in [0, 0.1) is 0 Å². The first kappa shape index (κ1) is 25.5. The number of rotatable bonds is 10. The van der Waals surface area contributed by atoms with Crippen molar-refractivity contribution >= 4 is 22.8 Å². The van der Waals surface area contributed by atoms with Crippen LogP contribution in [0.5, 0.6) is 0 Å². The minimum atomic E-state index is -0.795. The van der Waals surface area contributed by atoms with Crippen LogP contribution in [0.4, 0.5) is 0 Å². The normalized spacial score (nSPS) is 14.8. The van der Waals surface area contributed by atoms with Crippen LogP contribution in [0.25, 0.3) is 11.0 Å². The van der Waals surface area contributed by atoms with Gasteiger partial charge in [-0.2, -0.15) is 0 Å². The smallest absolute Gasteiger partial charge is 0.247 e. The Hall–Kier alpha value is -3.55. The fraction of sp³-hybridized carbons (Fsp3) is 0.464. The summed E-state index contributed by atoms with van der Waals surface area (Å²) in [5.41, 5.74) is 3.16. The van der Waals surface area contributed by atoms with Crippen molar-refractivity contribution in [2.75, 3.05) is 6.54 Å². The minimum absolute atomic E-state index is 0.000768. The first-order valence-electron chi connectivity index (χ1n) is 12.9. The lowest BCUT2D eigenvalue weighted by Gasteiger charge is -2.34. The van der Waals surface area contributed by atoms with Crippen LogP contribution in [0.3, 0.4) is 0 Å². The maximum atomic E-state index is 13.9. The standard InChI is InChI=1S/C28H36N6O2/c1-4-28(2,3)30-27(36)26(22-13-10-17-29-19-22)33(18-16-21-11-6-5-7-12-21)25(35)20-34-24-15-9-8-14-23(24)31-32-34/h8-11,13-15,17,19,26H,4-7,12,16,18,20H2,1-3H3,(H,30,36)/t26-/m0/s1. The molecule has 1 N–H and O–H groups in total. The van der Waals surface area contributed by atoms with E-state index in [2.05, 4.69) is 26.7 Å². The summed E-state index contributed by atoms with van der Waals surface area (Å²) in [6.07, 6.45) is 11.6.